The lowest BCUT2D eigenvalue weighted by molar-refractivity contribution is -0.131. The molecule has 6 rings (SSSR count). The summed E-state index contributed by atoms with van der Waals surface area (Å²) in [6.45, 7) is 2.52. The summed E-state index contributed by atoms with van der Waals surface area (Å²) in [6.07, 6.45) is 3.14. The topological polar surface area (TPSA) is 56.6 Å². The second kappa shape index (κ2) is 9.34. The molecule has 2 heterocycles. The summed E-state index contributed by atoms with van der Waals surface area (Å²) in [5.74, 6) is 3.60. The number of ether oxygens (including phenoxy) is 2. The Hall–Kier alpha value is -3.80. The number of methoxy groups -OCH3 is 2. The van der Waals surface area contributed by atoms with E-state index in [9.17, 15) is 4.79 Å². The molecule has 4 aromatic rings. The number of para-hydroxylation sites is 1. The maximum Gasteiger partial charge on any atom is 0.225 e. The fourth-order valence-corrected chi connectivity index (χ4v) is 5.31. The van der Waals surface area contributed by atoms with Crippen LogP contribution < -0.4 is 9.47 Å². The fraction of sp³-hybridized carbons (Fsp3) is 0.333. The van der Waals surface area contributed by atoms with Gasteiger partial charge in [-0.05, 0) is 60.6 Å². The van der Waals surface area contributed by atoms with Gasteiger partial charge in [0.05, 0.1) is 19.7 Å². The van der Waals surface area contributed by atoms with Crippen molar-refractivity contribution in [3.63, 3.8) is 0 Å². The first-order chi connectivity index (χ1) is 17.6. The molecule has 1 aromatic heterocycles. The Kier molecular flexibility index (Phi) is 5.88. The number of aromatic nitrogens is 2. The van der Waals surface area contributed by atoms with Gasteiger partial charge in [-0.25, -0.2) is 4.98 Å². The smallest absolute Gasteiger partial charge is 0.225 e. The number of hydrogen-bond donors (Lipinski definition) is 0. The van der Waals surface area contributed by atoms with Gasteiger partial charge in [0.15, 0.2) is 0 Å². The molecule has 2 aliphatic rings. The molecule has 0 N–H and O–H groups in total. The van der Waals surface area contributed by atoms with Gasteiger partial charge < -0.3 is 18.9 Å². The van der Waals surface area contributed by atoms with Crippen molar-refractivity contribution in [3.8, 4) is 34.0 Å². The lowest BCUT2D eigenvalue weighted by atomic mass is 10.0. The van der Waals surface area contributed by atoms with Crippen LogP contribution in [0, 0.1) is 11.8 Å². The molecule has 1 atom stereocenters. The summed E-state index contributed by atoms with van der Waals surface area (Å²) in [4.78, 5) is 19.7. The van der Waals surface area contributed by atoms with Crippen LogP contribution in [0.15, 0.2) is 66.7 Å². The molecule has 36 heavy (non-hydrogen) atoms. The number of carbonyl (C=O) groups is 1. The predicted molar refractivity (Wildman–Crippen MR) is 141 cm³/mol. The van der Waals surface area contributed by atoms with E-state index in [1.165, 1.54) is 0 Å². The van der Waals surface area contributed by atoms with Crippen LogP contribution in [0.25, 0.3) is 33.5 Å². The maximum atomic E-state index is 12.6. The van der Waals surface area contributed by atoms with Crippen LogP contribution in [0.2, 0.25) is 0 Å². The monoisotopic (exact) mass is 481 g/mol. The minimum absolute atomic E-state index is 0.280. The van der Waals surface area contributed by atoms with Gasteiger partial charge in [-0.2, -0.15) is 0 Å². The Morgan fingerprint density at radius 1 is 0.889 bits per heavy atom. The number of amides is 1. The molecule has 1 saturated carbocycles. The third-order valence-electron chi connectivity index (χ3n) is 7.49. The minimum Gasteiger partial charge on any atom is -0.497 e. The van der Waals surface area contributed by atoms with E-state index >= 15 is 0 Å². The number of likely N-dealkylation sites (tertiary alicyclic amines) is 1. The Morgan fingerprint density at radius 2 is 1.58 bits per heavy atom. The quantitative estimate of drug-likeness (QED) is 0.343. The Balaban J connectivity index is 1.32. The van der Waals surface area contributed by atoms with Gasteiger partial charge in [0, 0.05) is 31.1 Å². The highest BCUT2D eigenvalue weighted by Gasteiger charge is 2.36. The van der Waals surface area contributed by atoms with Gasteiger partial charge in [-0.1, -0.05) is 42.5 Å². The molecule has 1 saturated heterocycles. The van der Waals surface area contributed by atoms with E-state index in [1.54, 1.807) is 14.2 Å². The van der Waals surface area contributed by atoms with E-state index in [1.807, 2.05) is 24.3 Å². The minimum atomic E-state index is 0.280. The van der Waals surface area contributed by atoms with E-state index in [-0.39, 0.29) is 5.92 Å². The summed E-state index contributed by atoms with van der Waals surface area (Å²) in [5.41, 5.74) is 5.29. The fourth-order valence-electron chi connectivity index (χ4n) is 5.31. The number of benzene rings is 3. The zero-order valence-corrected chi connectivity index (χ0v) is 20.8. The van der Waals surface area contributed by atoms with Gasteiger partial charge in [-0.3, -0.25) is 4.79 Å². The molecule has 3 aromatic carbocycles. The summed E-state index contributed by atoms with van der Waals surface area (Å²) in [6, 6.07) is 22.8. The van der Waals surface area contributed by atoms with E-state index in [0.29, 0.717) is 11.8 Å². The average molecular weight is 482 g/mol. The zero-order valence-electron chi connectivity index (χ0n) is 20.8. The summed E-state index contributed by atoms with van der Waals surface area (Å²) in [5, 5.41) is 0. The molecule has 0 unspecified atom stereocenters. The van der Waals surface area contributed by atoms with Gasteiger partial charge in [0.25, 0.3) is 0 Å². The van der Waals surface area contributed by atoms with E-state index < -0.39 is 0 Å². The normalized spacial score (nSPS) is 17.5. The molecule has 184 valence electrons. The van der Waals surface area contributed by atoms with Crippen LogP contribution in [0.4, 0.5) is 0 Å². The molecule has 1 aliphatic carbocycles. The largest absolute Gasteiger partial charge is 0.497 e. The second-order valence-corrected chi connectivity index (χ2v) is 9.89. The number of rotatable bonds is 7. The van der Waals surface area contributed by atoms with Gasteiger partial charge >= 0.3 is 0 Å². The lowest BCUT2D eigenvalue weighted by Crippen LogP contribution is -2.30. The number of nitrogens with zero attached hydrogens (tertiary/aromatic N) is 3. The standard InChI is InChI=1S/C30H31N3O3/c1-35-25-14-12-22(13-15-25)21-6-8-23(9-7-21)29-31-28-26(4-3-5-27(28)36-2)33(29)19-20-16-17-32(18-20)30(34)24-10-11-24/h3-9,12-15,20,24H,10-11,16-19H2,1-2H3/t20-/m0/s1. The maximum absolute atomic E-state index is 12.6. The Morgan fingerprint density at radius 3 is 2.25 bits per heavy atom. The summed E-state index contributed by atoms with van der Waals surface area (Å²) >= 11 is 0. The molecule has 0 spiro atoms. The third-order valence-corrected chi connectivity index (χ3v) is 7.49. The van der Waals surface area contributed by atoms with Crippen LogP contribution in [0.5, 0.6) is 11.5 Å². The number of carbonyl (C=O) groups excluding carboxylic acids is 1. The van der Waals surface area contributed by atoms with Crippen molar-refractivity contribution in [1.29, 1.82) is 0 Å². The van der Waals surface area contributed by atoms with Crippen molar-refractivity contribution in [2.45, 2.75) is 25.8 Å². The molecule has 6 nitrogen and oxygen atoms in total. The Bertz CT molecular complexity index is 1390. The van der Waals surface area contributed by atoms with Gasteiger partial charge in [0.2, 0.25) is 5.91 Å². The first-order valence-electron chi connectivity index (χ1n) is 12.7. The van der Waals surface area contributed by atoms with Crippen LogP contribution in [0.3, 0.4) is 0 Å². The Labute approximate surface area is 211 Å². The predicted octanol–water partition coefficient (Wildman–Crippen LogP) is 5.65. The van der Waals surface area contributed by atoms with Crippen LogP contribution in [-0.4, -0.2) is 47.7 Å². The summed E-state index contributed by atoms with van der Waals surface area (Å²) < 4.78 is 13.2. The van der Waals surface area contributed by atoms with Crippen molar-refractivity contribution in [3.05, 3.63) is 66.7 Å². The number of fused-ring (bicyclic) bond motifs is 1. The van der Waals surface area contributed by atoms with Crippen molar-refractivity contribution in [2.75, 3.05) is 27.3 Å². The summed E-state index contributed by atoms with van der Waals surface area (Å²) in [7, 11) is 3.37. The molecule has 6 heteroatoms. The van der Waals surface area contributed by atoms with Gasteiger partial charge in [0.1, 0.15) is 22.8 Å². The van der Waals surface area contributed by atoms with Gasteiger partial charge in [-0.15, -0.1) is 0 Å². The third kappa shape index (κ3) is 4.21. The number of imidazole rings is 1. The van der Waals surface area contributed by atoms with Crippen LogP contribution in [-0.2, 0) is 11.3 Å². The van der Waals surface area contributed by atoms with Crippen molar-refractivity contribution < 1.29 is 14.3 Å². The number of hydrogen-bond acceptors (Lipinski definition) is 4. The molecule has 1 amide bonds. The molecule has 0 bridgehead atoms. The zero-order chi connectivity index (χ0) is 24.6. The van der Waals surface area contributed by atoms with Crippen molar-refractivity contribution >= 4 is 16.9 Å². The van der Waals surface area contributed by atoms with E-state index in [0.717, 1.165) is 83.9 Å². The second-order valence-electron chi connectivity index (χ2n) is 9.89. The SMILES string of the molecule is COc1ccc(-c2ccc(-c3nc4c(OC)cccc4n3C[C@H]3CCN(C(=O)C4CC4)C3)cc2)cc1. The molecular formula is C30H31N3O3. The first-order valence-corrected chi connectivity index (χ1v) is 12.7. The molecule has 2 fully saturated rings. The first kappa shape index (κ1) is 22.7. The highest BCUT2D eigenvalue weighted by molar-refractivity contribution is 5.86. The van der Waals surface area contributed by atoms with Crippen LogP contribution in [0.1, 0.15) is 19.3 Å². The van der Waals surface area contributed by atoms with Crippen molar-refractivity contribution in [1.82, 2.24) is 14.5 Å². The lowest BCUT2D eigenvalue weighted by Gasteiger charge is -2.18. The highest BCUT2D eigenvalue weighted by atomic mass is 16.5. The van der Waals surface area contributed by atoms with Crippen molar-refractivity contribution in [2.24, 2.45) is 11.8 Å². The van der Waals surface area contributed by atoms with Crippen LogP contribution >= 0.6 is 0 Å². The molecular weight excluding hydrogens is 450 g/mol. The molecule has 0 radical (unpaired) electrons. The molecule has 1 aliphatic heterocycles. The van der Waals surface area contributed by atoms with E-state index in [4.69, 9.17) is 14.5 Å². The highest BCUT2D eigenvalue weighted by Crippen LogP contribution is 2.35. The average Bonchev–Trinajstić information content (AvgIpc) is 3.57. The van der Waals surface area contributed by atoms with E-state index in [2.05, 4.69) is 51.9 Å².